The maximum atomic E-state index is 12.3. The van der Waals surface area contributed by atoms with Crippen LogP contribution in [0, 0.1) is 0 Å². The maximum absolute atomic E-state index is 12.3. The van der Waals surface area contributed by atoms with Crippen molar-refractivity contribution < 1.29 is 9.53 Å². The Morgan fingerprint density at radius 1 is 1.38 bits per heavy atom. The number of aromatic amines is 1. The highest BCUT2D eigenvalue weighted by atomic mass is 16.5. The molecule has 116 valence electrons. The van der Waals surface area contributed by atoms with E-state index in [2.05, 4.69) is 34.3 Å². The third-order valence-corrected chi connectivity index (χ3v) is 4.79. The molecule has 2 fully saturated rings. The molecular weight excluding hydrogens is 268 g/mol. The minimum atomic E-state index is -0.175. The Bertz CT molecular complexity index is 506. The molecular formula is C15H24N4O2. The van der Waals surface area contributed by atoms with Gasteiger partial charge in [-0.2, -0.15) is 0 Å². The molecule has 2 heterocycles. The van der Waals surface area contributed by atoms with E-state index in [9.17, 15) is 4.79 Å². The highest BCUT2D eigenvalue weighted by Crippen LogP contribution is 2.37. The minimum absolute atomic E-state index is 0.0889. The van der Waals surface area contributed by atoms with Crippen molar-refractivity contribution in [3.05, 3.63) is 11.6 Å². The first-order chi connectivity index (χ1) is 10.2. The van der Waals surface area contributed by atoms with E-state index in [1.165, 1.54) is 0 Å². The number of rotatable bonds is 5. The summed E-state index contributed by atoms with van der Waals surface area (Å²) in [4.78, 5) is 16.6. The van der Waals surface area contributed by atoms with E-state index in [1.807, 2.05) is 0 Å². The SMILES string of the molecule is CCC1(CC)CC(NC(=O)c2n[nH]c(C3CC3)n2)CCO1. The molecule has 6 heteroatoms. The number of hydrogen-bond acceptors (Lipinski definition) is 4. The Hall–Kier alpha value is -1.43. The van der Waals surface area contributed by atoms with Crippen LogP contribution in [-0.4, -0.2) is 39.3 Å². The minimum Gasteiger partial charge on any atom is -0.375 e. The van der Waals surface area contributed by atoms with Gasteiger partial charge >= 0.3 is 0 Å². The first kappa shape index (κ1) is 14.5. The van der Waals surface area contributed by atoms with Crippen LogP contribution in [0.4, 0.5) is 0 Å². The van der Waals surface area contributed by atoms with Gasteiger partial charge in [0.2, 0.25) is 5.82 Å². The third kappa shape index (κ3) is 3.10. The van der Waals surface area contributed by atoms with Gasteiger partial charge in [0.1, 0.15) is 5.82 Å². The van der Waals surface area contributed by atoms with E-state index < -0.39 is 0 Å². The van der Waals surface area contributed by atoms with Gasteiger partial charge in [-0.1, -0.05) is 13.8 Å². The number of hydrogen-bond donors (Lipinski definition) is 2. The highest BCUT2D eigenvalue weighted by Gasteiger charge is 2.35. The first-order valence-corrected chi connectivity index (χ1v) is 8.03. The molecule has 1 unspecified atom stereocenters. The third-order valence-electron chi connectivity index (χ3n) is 4.79. The molecule has 2 aliphatic rings. The standard InChI is InChI=1S/C15H24N4O2/c1-3-15(4-2)9-11(7-8-21-15)16-14(20)13-17-12(18-19-13)10-5-6-10/h10-11H,3-9H2,1-2H3,(H,16,20)(H,17,18,19). The number of ether oxygens (including phenoxy) is 1. The fourth-order valence-electron chi connectivity index (χ4n) is 3.06. The van der Waals surface area contributed by atoms with Crippen LogP contribution in [-0.2, 0) is 4.74 Å². The lowest BCUT2D eigenvalue weighted by atomic mass is 9.86. The van der Waals surface area contributed by atoms with Crippen LogP contribution in [0.1, 0.15) is 74.7 Å². The van der Waals surface area contributed by atoms with E-state index >= 15 is 0 Å². The summed E-state index contributed by atoms with van der Waals surface area (Å²) in [5.41, 5.74) is -0.0889. The zero-order chi connectivity index (χ0) is 14.9. The quantitative estimate of drug-likeness (QED) is 0.871. The number of H-pyrrole nitrogens is 1. The molecule has 1 atom stereocenters. The van der Waals surface area contributed by atoms with Crippen LogP contribution >= 0.6 is 0 Å². The molecule has 1 saturated carbocycles. The largest absolute Gasteiger partial charge is 0.375 e. The van der Waals surface area contributed by atoms with E-state index in [4.69, 9.17) is 4.74 Å². The van der Waals surface area contributed by atoms with Crippen molar-refractivity contribution in [2.24, 2.45) is 0 Å². The summed E-state index contributed by atoms with van der Waals surface area (Å²) >= 11 is 0. The lowest BCUT2D eigenvalue weighted by Crippen LogP contribution is -2.48. The van der Waals surface area contributed by atoms with Crippen molar-refractivity contribution in [2.45, 2.75) is 69.9 Å². The molecule has 0 radical (unpaired) electrons. The molecule has 21 heavy (non-hydrogen) atoms. The zero-order valence-electron chi connectivity index (χ0n) is 12.8. The lowest BCUT2D eigenvalue weighted by molar-refractivity contribution is -0.0918. The molecule has 3 rings (SSSR count). The normalized spacial score (nSPS) is 24.8. The van der Waals surface area contributed by atoms with Gasteiger partial charge in [-0.15, -0.1) is 5.10 Å². The Labute approximate surface area is 125 Å². The average molecular weight is 292 g/mol. The molecule has 0 spiro atoms. The summed E-state index contributed by atoms with van der Waals surface area (Å²) in [5, 5.41) is 9.99. The number of aromatic nitrogens is 3. The van der Waals surface area contributed by atoms with Gasteiger partial charge in [0.25, 0.3) is 5.91 Å². The topological polar surface area (TPSA) is 79.9 Å². The molecule has 1 aromatic heterocycles. The monoisotopic (exact) mass is 292 g/mol. The lowest BCUT2D eigenvalue weighted by Gasteiger charge is -2.40. The summed E-state index contributed by atoms with van der Waals surface area (Å²) in [6, 6.07) is 0.147. The summed E-state index contributed by atoms with van der Waals surface area (Å²) in [7, 11) is 0. The van der Waals surface area contributed by atoms with E-state index in [0.29, 0.717) is 12.5 Å². The number of amides is 1. The van der Waals surface area contributed by atoms with Crippen LogP contribution in [0.15, 0.2) is 0 Å². The van der Waals surface area contributed by atoms with Crippen molar-refractivity contribution >= 4 is 5.91 Å². The molecule has 0 bridgehead atoms. The summed E-state index contributed by atoms with van der Waals surface area (Å²) in [6.45, 7) is 4.99. The molecule has 1 amide bonds. The second-order valence-corrected chi connectivity index (χ2v) is 6.22. The number of nitrogens with zero attached hydrogens (tertiary/aromatic N) is 2. The van der Waals surface area contributed by atoms with Crippen LogP contribution in [0.3, 0.4) is 0 Å². The number of carbonyl (C=O) groups excluding carboxylic acids is 1. The summed E-state index contributed by atoms with van der Waals surface area (Å²) in [5.74, 6) is 1.42. The van der Waals surface area contributed by atoms with Gasteiger partial charge in [-0.3, -0.25) is 9.89 Å². The van der Waals surface area contributed by atoms with Crippen molar-refractivity contribution in [1.29, 1.82) is 0 Å². The van der Waals surface area contributed by atoms with Gasteiger partial charge in [0.15, 0.2) is 0 Å². The predicted molar refractivity (Wildman–Crippen MR) is 78.1 cm³/mol. The summed E-state index contributed by atoms with van der Waals surface area (Å²) in [6.07, 6.45) is 5.96. The Morgan fingerprint density at radius 2 is 2.14 bits per heavy atom. The van der Waals surface area contributed by atoms with Crippen molar-refractivity contribution in [2.75, 3.05) is 6.61 Å². The first-order valence-electron chi connectivity index (χ1n) is 8.03. The van der Waals surface area contributed by atoms with Crippen LogP contribution in [0.5, 0.6) is 0 Å². The van der Waals surface area contributed by atoms with E-state index in [0.717, 1.165) is 44.3 Å². The van der Waals surface area contributed by atoms with E-state index in [1.54, 1.807) is 0 Å². The fraction of sp³-hybridized carbons (Fsp3) is 0.800. The van der Waals surface area contributed by atoms with Crippen molar-refractivity contribution in [3.63, 3.8) is 0 Å². The fourth-order valence-corrected chi connectivity index (χ4v) is 3.06. The number of carbonyl (C=O) groups is 1. The van der Waals surface area contributed by atoms with Crippen LogP contribution < -0.4 is 5.32 Å². The molecule has 1 aliphatic heterocycles. The maximum Gasteiger partial charge on any atom is 0.291 e. The second kappa shape index (κ2) is 5.75. The van der Waals surface area contributed by atoms with Crippen LogP contribution in [0.2, 0.25) is 0 Å². The Balaban J connectivity index is 1.60. The average Bonchev–Trinajstić information content (AvgIpc) is 3.24. The molecule has 0 aromatic carbocycles. The second-order valence-electron chi connectivity index (χ2n) is 6.22. The molecule has 1 saturated heterocycles. The van der Waals surface area contributed by atoms with Crippen molar-refractivity contribution in [3.8, 4) is 0 Å². The van der Waals surface area contributed by atoms with Crippen molar-refractivity contribution in [1.82, 2.24) is 20.5 Å². The molecule has 6 nitrogen and oxygen atoms in total. The predicted octanol–water partition coefficient (Wildman–Crippen LogP) is 2.15. The molecule has 1 aromatic rings. The van der Waals surface area contributed by atoms with Gasteiger partial charge < -0.3 is 10.1 Å². The Morgan fingerprint density at radius 3 is 2.81 bits per heavy atom. The van der Waals surface area contributed by atoms with Gasteiger partial charge in [-0.25, -0.2) is 4.98 Å². The highest BCUT2D eigenvalue weighted by molar-refractivity contribution is 5.90. The smallest absolute Gasteiger partial charge is 0.291 e. The van der Waals surface area contributed by atoms with E-state index in [-0.39, 0.29) is 23.4 Å². The van der Waals surface area contributed by atoms with Crippen LogP contribution in [0.25, 0.3) is 0 Å². The van der Waals surface area contributed by atoms with Gasteiger partial charge in [0.05, 0.1) is 5.60 Å². The molecule has 1 aliphatic carbocycles. The molecule has 2 N–H and O–H groups in total. The summed E-state index contributed by atoms with van der Waals surface area (Å²) < 4.78 is 5.94. The zero-order valence-corrected chi connectivity index (χ0v) is 12.8. The number of nitrogens with one attached hydrogen (secondary N) is 2. The Kier molecular flexibility index (Phi) is 3.97. The van der Waals surface area contributed by atoms with Gasteiger partial charge in [0, 0.05) is 18.6 Å². The van der Waals surface area contributed by atoms with Gasteiger partial charge in [-0.05, 0) is 38.5 Å².